The molecule has 0 spiro atoms. The smallest absolute Gasteiger partial charge is 0.251 e. The lowest BCUT2D eigenvalue weighted by atomic mass is 9.89. The quantitative estimate of drug-likeness (QED) is 0.886. The van der Waals surface area contributed by atoms with Crippen molar-refractivity contribution < 1.29 is 4.79 Å². The third-order valence-electron chi connectivity index (χ3n) is 4.00. The molecule has 1 amide bonds. The molecule has 110 valence electrons. The second-order valence-electron chi connectivity index (χ2n) is 5.60. The van der Waals surface area contributed by atoms with Gasteiger partial charge in [-0.1, -0.05) is 6.42 Å². The summed E-state index contributed by atoms with van der Waals surface area (Å²) in [7, 11) is 0. The number of nitrogens with one attached hydrogen (secondary N) is 1. The third kappa shape index (κ3) is 3.50. The SMILES string of the molecule is O=C(NCC1CCCC(Cl)C1)c1ccc2nccnc2c1. The Labute approximate surface area is 128 Å². The molecule has 2 atom stereocenters. The number of rotatable bonds is 3. The van der Waals surface area contributed by atoms with Crippen molar-refractivity contribution in [2.45, 2.75) is 31.1 Å². The first-order valence-electron chi connectivity index (χ1n) is 7.35. The van der Waals surface area contributed by atoms with Crippen molar-refractivity contribution in [3.05, 3.63) is 36.2 Å². The Hall–Kier alpha value is -1.68. The Kier molecular flexibility index (Phi) is 4.34. The first kappa shape index (κ1) is 14.3. The van der Waals surface area contributed by atoms with Crippen LogP contribution in [-0.4, -0.2) is 27.8 Å². The van der Waals surface area contributed by atoms with Gasteiger partial charge in [0.15, 0.2) is 0 Å². The van der Waals surface area contributed by atoms with E-state index >= 15 is 0 Å². The predicted molar refractivity (Wildman–Crippen MR) is 83.5 cm³/mol. The molecule has 1 fully saturated rings. The maximum atomic E-state index is 12.2. The molecule has 0 aliphatic heterocycles. The van der Waals surface area contributed by atoms with Crippen molar-refractivity contribution in [3.8, 4) is 0 Å². The Bertz CT molecular complexity index is 646. The van der Waals surface area contributed by atoms with E-state index in [1.807, 2.05) is 6.07 Å². The van der Waals surface area contributed by atoms with Gasteiger partial charge in [-0.15, -0.1) is 11.6 Å². The van der Waals surface area contributed by atoms with E-state index in [-0.39, 0.29) is 11.3 Å². The van der Waals surface area contributed by atoms with Crippen LogP contribution in [0.15, 0.2) is 30.6 Å². The largest absolute Gasteiger partial charge is 0.352 e. The molecule has 0 saturated heterocycles. The average Bonchev–Trinajstić information content (AvgIpc) is 2.52. The number of nitrogens with zero attached hydrogens (tertiary/aromatic N) is 2. The molecule has 1 saturated carbocycles. The first-order chi connectivity index (χ1) is 10.2. The van der Waals surface area contributed by atoms with Crippen LogP contribution in [-0.2, 0) is 0 Å². The molecular weight excluding hydrogens is 286 g/mol. The van der Waals surface area contributed by atoms with Crippen LogP contribution in [0.2, 0.25) is 0 Å². The zero-order chi connectivity index (χ0) is 14.7. The standard InChI is InChI=1S/C16H18ClN3O/c17-13-3-1-2-11(8-13)10-20-16(21)12-4-5-14-15(9-12)19-7-6-18-14/h4-7,9,11,13H,1-3,8,10H2,(H,20,21). The minimum absolute atomic E-state index is 0.0563. The van der Waals surface area contributed by atoms with Gasteiger partial charge in [-0.2, -0.15) is 0 Å². The summed E-state index contributed by atoms with van der Waals surface area (Å²) in [5, 5.41) is 3.27. The Balaban J connectivity index is 1.63. The maximum Gasteiger partial charge on any atom is 0.251 e. The van der Waals surface area contributed by atoms with E-state index in [0.717, 1.165) is 36.7 Å². The lowest BCUT2D eigenvalue weighted by Gasteiger charge is -2.25. The van der Waals surface area contributed by atoms with Gasteiger partial charge in [0, 0.05) is 29.9 Å². The van der Waals surface area contributed by atoms with Crippen molar-refractivity contribution in [1.82, 2.24) is 15.3 Å². The second kappa shape index (κ2) is 6.39. The first-order valence-corrected chi connectivity index (χ1v) is 7.79. The highest BCUT2D eigenvalue weighted by atomic mass is 35.5. The summed E-state index contributed by atoms with van der Waals surface area (Å²) in [4.78, 5) is 20.6. The van der Waals surface area contributed by atoms with Crippen molar-refractivity contribution in [1.29, 1.82) is 0 Å². The predicted octanol–water partition coefficient (Wildman–Crippen LogP) is 3.16. The molecule has 0 bridgehead atoms. The van der Waals surface area contributed by atoms with Gasteiger partial charge in [0.1, 0.15) is 0 Å². The lowest BCUT2D eigenvalue weighted by Crippen LogP contribution is -2.32. The van der Waals surface area contributed by atoms with Crippen LogP contribution in [0.25, 0.3) is 11.0 Å². The second-order valence-corrected chi connectivity index (χ2v) is 6.22. The lowest BCUT2D eigenvalue weighted by molar-refractivity contribution is 0.0944. The molecule has 3 rings (SSSR count). The van der Waals surface area contributed by atoms with E-state index in [1.54, 1.807) is 24.5 Å². The van der Waals surface area contributed by atoms with Gasteiger partial charge < -0.3 is 5.32 Å². The fourth-order valence-corrected chi connectivity index (χ4v) is 3.26. The number of hydrogen-bond acceptors (Lipinski definition) is 3. The van der Waals surface area contributed by atoms with E-state index in [0.29, 0.717) is 18.0 Å². The van der Waals surface area contributed by atoms with Crippen LogP contribution in [0.5, 0.6) is 0 Å². The Morgan fingerprint density at radius 1 is 1.24 bits per heavy atom. The van der Waals surface area contributed by atoms with Crippen molar-refractivity contribution in [2.24, 2.45) is 5.92 Å². The third-order valence-corrected chi connectivity index (χ3v) is 4.40. The van der Waals surface area contributed by atoms with Crippen molar-refractivity contribution in [2.75, 3.05) is 6.54 Å². The molecule has 1 aromatic carbocycles. The molecule has 1 aliphatic carbocycles. The van der Waals surface area contributed by atoms with Gasteiger partial charge in [0.25, 0.3) is 5.91 Å². The fourth-order valence-electron chi connectivity index (χ4n) is 2.85. The van der Waals surface area contributed by atoms with Crippen LogP contribution >= 0.6 is 11.6 Å². The summed E-state index contributed by atoms with van der Waals surface area (Å²) in [6.45, 7) is 0.695. The summed E-state index contributed by atoms with van der Waals surface area (Å²) in [5.74, 6) is 0.435. The number of benzene rings is 1. The fraction of sp³-hybridized carbons (Fsp3) is 0.438. The summed E-state index contributed by atoms with van der Waals surface area (Å²) < 4.78 is 0. The molecule has 5 heteroatoms. The Morgan fingerprint density at radius 2 is 2.05 bits per heavy atom. The molecule has 21 heavy (non-hydrogen) atoms. The summed E-state index contributed by atoms with van der Waals surface area (Å²) in [6.07, 6.45) is 7.66. The van der Waals surface area contributed by atoms with Crippen molar-refractivity contribution in [3.63, 3.8) is 0 Å². The number of hydrogen-bond donors (Lipinski definition) is 1. The van der Waals surface area contributed by atoms with Gasteiger partial charge in [-0.3, -0.25) is 14.8 Å². The normalized spacial score (nSPS) is 22.1. The van der Waals surface area contributed by atoms with Crippen LogP contribution in [0.1, 0.15) is 36.0 Å². The van der Waals surface area contributed by atoms with Crippen molar-refractivity contribution >= 4 is 28.5 Å². The van der Waals surface area contributed by atoms with Gasteiger partial charge >= 0.3 is 0 Å². The number of alkyl halides is 1. The van der Waals surface area contributed by atoms with E-state index < -0.39 is 0 Å². The van der Waals surface area contributed by atoms with Gasteiger partial charge in [-0.05, 0) is 43.4 Å². The number of carbonyl (C=O) groups is 1. The zero-order valence-electron chi connectivity index (χ0n) is 11.8. The summed E-state index contributed by atoms with van der Waals surface area (Å²) >= 11 is 6.18. The highest BCUT2D eigenvalue weighted by Gasteiger charge is 2.20. The number of amides is 1. The number of aromatic nitrogens is 2. The molecule has 1 aromatic heterocycles. The van der Waals surface area contributed by atoms with Crippen LogP contribution in [0.4, 0.5) is 0 Å². The van der Waals surface area contributed by atoms with E-state index in [4.69, 9.17) is 11.6 Å². The van der Waals surface area contributed by atoms with E-state index in [1.165, 1.54) is 0 Å². The molecular formula is C16H18ClN3O. The van der Waals surface area contributed by atoms with Crippen LogP contribution < -0.4 is 5.32 Å². The molecule has 1 aliphatic rings. The highest BCUT2D eigenvalue weighted by molar-refractivity contribution is 6.20. The number of fused-ring (bicyclic) bond motifs is 1. The summed E-state index contributed by atoms with van der Waals surface area (Å²) in [5.41, 5.74) is 2.16. The van der Waals surface area contributed by atoms with Gasteiger partial charge in [0.05, 0.1) is 11.0 Å². The van der Waals surface area contributed by atoms with E-state index in [2.05, 4.69) is 15.3 Å². The molecule has 1 heterocycles. The minimum atomic E-state index is -0.0563. The van der Waals surface area contributed by atoms with Crippen LogP contribution in [0.3, 0.4) is 0 Å². The average molecular weight is 304 g/mol. The number of halogens is 1. The molecule has 2 aromatic rings. The minimum Gasteiger partial charge on any atom is -0.352 e. The number of carbonyl (C=O) groups excluding carboxylic acids is 1. The van der Waals surface area contributed by atoms with E-state index in [9.17, 15) is 4.79 Å². The monoisotopic (exact) mass is 303 g/mol. The highest BCUT2D eigenvalue weighted by Crippen LogP contribution is 2.27. The summed E-state index contributed by atoms with van der Waals surface area (Å²) in [6, 6.07) is 5.40. The topological polar surface area (TPSA) is 54.9 Å². The molecule has 2 unspecified atom stereocenters. The van der Waals surface area contributed by atoms with Gasteiger partial charge in [0.2, 0.25) is 0 Å². The molecule has 1 N–H and O–H groups in total. The zero-order valence-corrected chi connectivity index (χ0v) is 12.5. The molecule has 4 nitrogen and oxygen atoms in total. The molecule has 0 radical (unpaired) electrons. The maximum absolute atomic E-state index is 12.2. The van der Waals surface area contributed by atoms with Gasteiger partial charge in [-0.25, -0.2) is 0 Å². The Morgan fingerprint density at radius 3 is 2.86 bits per heavy atom. The van der Waals surface area contributed by atoms with Crippen LogP contribution in [0, 0.1) is 5.92 Å².